The normalized spacial score (nSPS) is 33.9. The van der Waals surface area contributed by atoms with E-state index in [0.29, 0.717) is 50.5 Å². The van der Waals surface area contributed by atoms with E-state index < -0.39 is 99.6 Å². The molecule has 5 aliphatic heterocycles. The standard InChI is InChI=1S/C36H40O19/c1-45-20-6-16-17(7-21(20)46-2)28(18-8-47-31(42)25(18)24(16)15-3-4-19-22(5-15)52-14-51-19)54-34-30(36(44,11-38)13-50-34)55-32-27(40)26(39)23(9-48-32)53-33-29(41)35(43,10-37)12-49-33/h3-7,23,26-27,29-30,32-34,37-41,43-44H,8-14H2,1-2H3/t23-,26-,27+,29-,30-,32-,33-,34+,35+,36+/m0/s1. The number of fused-ring (bicyclic) bond motifs is 3. The largest absolute Gasteiger partial charge is 0.493 e. The average molecular weight is 777 g/mol. The first kappa shape index (κ1) is 37.8. The maximum absolute atomic E-state index is 13.5. The van der Waals surface area contributed by atoms with Gasteiger partial charge in [0.05, 0.1) is 52.8 Å². The summed E-state index contributed by atoms with van der Waals surface area (Å²) in [5.74, 6) is 1.12. The quantitative estimate of drug-likeness (QED) is 0.111. The summed E-state index contributed by atoms with van der Waals surface area (Å²) in [6.45, 7) is -3.24. The number of rotatable bonds is 11. The smallest absolute Gasteiger partial charge is 0.339 e. The summed E-state index contributed by atoms with van der Waals surface area (Å²) in [5, 5.41) is 74.8. The molecule has 0 aliphatic carbocycles. The van der Waals surface area contributed by atoms with E-state index in [-0.39, 0.29) is 24.7 Å². The second-order valence-corrected chi connectivity index (χ2v) is 13.8. The first-order valence-corrected chi connectivity index (χ1v) is 17.3. The van der Waals surface area contributed by atoms with Crippen molar-refractivity contribution in [2.75, 3.05) is 54.0 Å². The molecular weight excluding hydrogens is 736 g/mol. The minimum atomic E-state index is -2.11. The van der Waals surface area contributed by atoms with Crippen molar-refractivity contribution in [1.82, 2.24) is 0 Å². The van der Waals surface area contributed by atoms with Crippen LogP contribution in [0.5, 0.6) is 28.7 Å². The number of esters is 1. The maximum Gasteiger partial charge on any atom is 0.339 e. The minimum Gasteiger partial charge on any atom is -0.493 e. The van der Waals surface area contributed by atoms with Gasteiger partial charge >= 0.3 is 5.97 Å². The van der Waals surface area contributed by atoms with E-state index in [1.165, 1.54) is 14.2 Å². The zero-order chi connectivity index (χ0) is 38.8. The Labute approximate surface area is 311 Å². The van der Waals surface area contributed by atoms with Gasteiger partial charge in [-0.25, -0.2) is 4.79 Å². The van der Waals surface area contributed by atoms with Crippen LogP contribution < -0.4 is 23.7 Å². The van der Waals surface area contributed by atoms with Crippen molar-refractivity contribution in [3.63, 3.8) is 0 Å². The Balaban J connectivity index is 1.12. The Morgan fingerprint density at radius 1 is 0.764 bits per heavy atom. The molecule has 7 N–H and O–H groups in total. The Morgan fingerprint density at radius 3 is 2.16 bits per heavy atom. The molecule has 0 aromatic heterocycles. The predicted molar refractivity (Wildman–Crippen MR) is 179 cm³/mol. The Bertz CT molecular complexity index is 1960. The number of carbonyl (C=O) groups excluding carboxylic acids is 1. The van der Waals surface area contributed by atoms with Crippen molar-refractivity contribution >= 4 is 16.7 Å². The topological polar surface area (TPSA) is 260 Å². The summed E-state index contributed by atoms with van der Waals surface area (Å²) in [5.41, 5.74) is -2.52. The lowest BCUT2D eigenvalue weighted by atomic mass is 9.89. The van der Waals surface area contributed by atoms with Crippen LogP contribution >= 0.6 is 0 Å². The molecule has 10 atom stereocenters. The van der Waals surface area contributed by atoms with Crippen LogP contribution in [-0.2, 0) is 35.0 Å². The molecule has 0 radical (unpaired) electrons. The molecule has 0 spiro atoms. The number of aliphatic hydroxyl groups excluding tert-OH is 5. The van der Waals surface area contributed by atoms with Crippen LogP contribution in [0.4, 0.5) is 0 Å². The molecular formula is C36H40O19. The molecule has 19 nitrogen and oxygen atoms in total. The van der Waals surface area contributed by atoms with E-state index in [0.717, 1.165) is 0 Å². The molecule has 0 amide bonds. The zero-order valence-electron chi connectivity index (χ0n) is 29.5. The lowest BCUT2D eigenvalue weighted by Crippen LogP contribution is -2.60. The number of cyclic esters (lactones) is 1. The Hall–Kier alpha value is -4.09. The summed E-state index contributed by atoms with van der Waals surface area (Å²) in [6.07, 6.45) is -12.7. The highest BCUT2D eigenvalue weighted by Gasteiger charge is 2.56. The van der Waals surface area contributed by atoms with Crippen molar-refractivity contribution in [3.05, 3.63) is 41.5 Å². The van der Waals surface area contributed by atoms with E-state index in [4.69, 9.17) is 52.1 Å². The summed E-state index contributed by atoms with van der Waals surface area (Å²) in [4.78, 5) is 13.5. The first-order chi connectivity index (χ1) is 26.4. The summed E-state index contributed by atoms with van der Waals surface area (Å²) in [7, 11) is 2.91. The summed E-state index contributed by atoms with van der Waals surface area (Å²) in [6, 6.07) is 8.55. The number of hydrogen-bond acceptors (Lipinski definition) is 19. The third-order valence-electron chi connectivity index (χ3n) is 10.5. The van der Waals surface area contributed by atoms with Gasteiger partial charge in [0.25, 0.3) is 0 Å². The van der Waals surface area contributed by atoms with Crippen LogP contribution in [-0.4, -0.2) is 156 Å². The van der Waals surface area contributed by atoms with Gasteiger partial charge in [-0.3, -0.25) is 0 Å². The van der Waals surface area contributed by atoms with E-state index in [2.05, 4.69) is 0 Å². The van der Waals surface area contributed by atoms with Crippen LogP contribution in [0.15, 0.2) is 30.3 Å². The Morgan fingerprint density at radius 2 is 1.45 bits per heavy atom. The second kappa shape index (κ2) is 14.4. The van der Waals surface area contributed by atoms with Crippen molar-refractivity contribution in [3.8, 4) is 39.9 Å². The monoisotopic (exact) mass is 776 g/mol. The summed E-state index contributed by atoms with van der Waals surface area (Å²) >= 11 is 0. The lowest BCUT2D eigenvalue weighted by molar-refractivity contribution is -0.324. The average Bonchev–Trinajstić information content (AvgIpc) is 3.97. The molecule has 8 rings (SSSR count). The fraction of sp³-hybridized carbons (Fsp3) is 0.528. The van der Waals surface area contributed by atoms with Gasteiger partial charge in [0.2, 0.25) is 13.1 Å². The molecule has 3 saturated heterocycles. The molecule has 0 unspecified atom stereocenters. The fourth-order valence-electron chi connectivity index (χ4n) is 7.32. The maximum atomic E-state index is 13.5. The molecule has 0 bridgehead atoms. The predicted octanol–water partition coefficient (Wildman–Crippen LogP) is -1.33. The van der Waals surface area contributed by atoms with Crippen LogP contribution in [0.25, 0.3) is 21.9 Å². The molecule has 3 aromatic carbocycles. The van der Waals surface area contributed by atoms with Gasteiger partial charge in [0, 0.05) is 16.5 Å². The van der Waals surface area contributed by atoms with Gasteiger partial charge in [0.1, 0.15) is 48.0 Å². The SMILES string of the molecule is COc1cc2c(O[C@H]3OC[C@](O)(CO)[C@H]3O[C@@H]3OC[C@H](O[C@@H]4OC[C@](O)(CO)[C@H]4O)[C@H](O)[C@H]3O)c3c(c(-c4ccc5c(c4)OCO5)c2cc1OC)C(=O)OC3. The number of aliphatic hydroxyl groups is 7. The van der Waals surface area contributed by atoms with Gasteiger partial charge < -0.3 is 87.9 Å². The highest BCUT2D eigenvalue weighted by molar-refractivity contribution is 6.14. The third-order valence-corrected chi connectivity index (χ3v) is 10.5. The second-order valence-electron chi connectivity index (χ2n) is 13.8. The molecule has 3 aromatic rings. The molecule has 5 aliphatic rings. The molecule has 19 heteroatoms. The zero-order valence-corrected chi connectivity index (χ0v) is 29.5. The number of benzene rings is 3. The Kier molecular flexibility index (Phi) is 9.93. The van der Waals surface area contributed by atoms with E-state index in [9.17, 15) is 40.5 Å². The summed E-state index contributed by atoms with van der Waals surface area (Å²) < 4.78 is 62.7. The van der Waals surface area contributed by atoms with Crippen molar-refractivity contribution in [2.24, 2.45) is 0 Å². The van der Waals surface area contributed by atoms with Crippen molar-refractivity contribution in [1.29, 1.82) is 0 Å². The van der Waals surface area contributed by atoms with Crippen LogP contribution in [0.2, 0.25) is 0 Å². The molecule has 55 heavy (non-hydrogen) atoms. The highest BCUT2D eigenvalue weighted by atomic mass is 16.8. The molecule has 298 valence electrons. The van der Waals surface area contributed by atoms with Crippen LogP contribution in [0.3, 0.4) is 0 Å². The molecule has 0 saturated carbocycles. The van der Waals surface area contributed by atoms with Crippen molar-refractivity contribution in [2.45, 2.75) is 67.2 Å². The van der Waals surface area contributed by atoms with E-state index >= 15 is 0 Å². The van der Waals surface area contributed by atoms with Gasteiger partial charge in [-0.2, -0.15) is 0 Å². The number of methoxy groups -OCH3 is 2. The van der Waals surface area contributed by atoms with E-state index in [1.54, 1.807) is 30.3 Å². The van der Waals surface area contributed by atoms with Gasteiger partial charge in [-0.1, -0.05) is 6.07 Å². The van der Waals surface area contributed by atoms with Gasteiger partial charge in [-0.15, -0.1) is 0 Å². The van der Waals surface area contributed by atoms with Gasteiger partial charge in [0.15, 0.2) is 41.7 Å². The fourth-order valence-corrected chi connectivity index (χ4v) is 7.32. The molecule has 5 heterocycles. The van der Waals surface area contributed by atoms with E-state index in [1.807, 2.05) is 0 Å². The highest BCUT2D eigenvalue weighted by Crippen LogP contribution is 2.50. The number of hydrogen-bond donors (Lipinski definition) is 7. The lowest BCUT2D eigenvalue weighted by Gasteiger charge is -2.41. The molecule has 3 fully saturated rings. The number of ether oxygens (including phenoxy) is 11. The number of carbonyl (C=O) groups is 1. The van der Waals surface area contributed by atoms with Gasteiger partial charge in [-0.05, 0) is 35.2 Å². The van der Waals surface area contributed by atoms with Crippen LogP contribution in [0.1, 0.15) is 15.9 Å². The minimum absolute atomic E-state index is 0.0364. The first-order valence-electron chi connectivity index (χ1n) is 17.3. The van der Waals surface area contributed by atoms with Crippen molar-refractivity contribution < 1.29 is 92.6 Å². The van der Waals surface area contributed by atoms with Crippen LogP contribution in [0, 0.1) is 0 Å². The third kappa shape index (κ3) is 6.29.